The number of anilines is 1. The molecule has 1 amide bonds. The molecule has 0 saturated carbocycles. The maximum absolute atomic E-state index is 12.6. The number of rotatable bonds is 5. The number of benzene rings is 3. The van der Waals surface area contributed by atoms with Crippen LogP contribution >= 0.6 is 22.9 Å². The van der Waals surface area contributed by atoms with E-state index >= 15 is 0 Å². The lowest BCUT2D eigenvalue weighted by molar-refractivity contribution is 0.102. The van der Waals surface area contributed by atoms with Gasteiger partial charge in [0, 0.05) is 17.2 Å². The van der Waals surface area contributed by atoms with E-state index in [0.29, 0.717) is 5.13 Å². The molecule has 3 aromatic carbocycles. The summed E-state index contributed by atoms with van der Waals surface area (Å²) in [5.41, 5.74) is 3.97. The van der Waals surface area contributed by atoms with Crippen molar-refractivity contribution in [1.29, 1.82) is 0 Å². The highest BCUT2D eigenvalue weighted by molar-refractivity contribution is 7.90. The lowest BCUT2D eigenvalue weighted by Crippen LogP contribution is -2.13. The minimum Gasteiger partial charge on any atom is -0.298 e. The number of hydrogen-bond acceptors (Lipinski definition) is 5. The van der Waals surface area contributed by atoms with Crippen LogP contribution in [-0.2, 0) is 9.84 Å². The van der Waals surface area contributed by atoms with Gasteiger partial charge in [-0.2, -0.15) is 0 Å². The Morgan fingerprint density at radius 2 is 1.58 bits per heavy atom. The number of halogens is 1. The van der Waals surface area contributed by atoms with E-state index in [1.165, 1.54) is 29.5 Å². The first-order valence-electron chi connectivity index (χ1n) is 9.23. The van der Waals surface area contributed by atoms with Crippen LogP contribution in [0.2, 0.25) is 5.02 Å². The van der Waals surface area contributed by atoms with Gasteiger partial charge in [0.2, 0.25) is 0 Å². The van der Waals surface area contributed by atoms with Gasteiger partial charge in [-0.15, -0.1) is 11.3 Å². The Balaban J connectivity index is 1.53. The Bertz CT molecular complexity index is 1350. The summed E-state index contributed by atoms with van der Waals surface area (Å²) in [4.78, 5) is 17.1. The number of carbonyl (C=O) groups is 1. The Labute approximate surface area is 189 Å². The molecule has 156 valence electrons. The second-order valence-corrected chi connectivity index (χ2v) is 10.1. The van der Waals surface area contributed by atoms with Crippen molar-refractivity contribution in [3.05, 3.63) is 88.8 Å². The monoisotopic (exact) mass is 468 g/mol. The van der Waals surface area contributed by atoms with Crippen molar-refractivity contribution in [2.24, 2.45) is 0 Å². The van der Waals surface area contributed by atoms with Crippen LogP contribution < -0.4 is 5.32 Å². The largest absolute Gasteiger partial charge is 0.298 e. The average molecular weight is 469 g/mol. The molecular formula is C23H17ClN2O3S2. The molecule has 5 nitrogen and oxygen atoms in total. The minimum absolute atomic E-state index is 0.0281. The number of nitrogens with one attached hydrogen (secondary N) is 1. The summed E-state index contributed by atoms with van der Waals surface area (Å²) < 4.78 is 23.5. The zero-order valence-electron chi connectivity index (χ0n) is 16.4. The van der Waals surface area contributed by atoms with E-state index in [-0.39, 0.29) is 15.5 Å². The third kappa shape index (κ3) is 4.85. The van der Waals surface area contributed by atoms with E-state index in [4.69, 9.17) is 11.6 Å². The quantitative estimate of drug-likeness (QED) is 0.402. The molecule has 1 heterocycles. The third-order valence-corrected chi connectivity index (χ3v) is 6.82. The van der Waals surface area contributed by atoms with Crippen molar-refractivity contribution in [1.82, 2.24) is 4.98 Å². The fourth-order valence-corrected chi connectivity index (χ4v) is 4.57. The molecule has 0 unspecified atom stereocenters. The first kappa shape index (κ1) is 21.2. The number of amides is 1. The topological polar surface area (TPSA) is 76.1 Å². The zero-order chi connectivity index (χ0) is 22.0. The number of carbonyl (C=O) groups excluding carboxylic acids is 1. The number of sulfone groups is 1. The second kappa shape index (κ2) is 8.63. The van der Waals surface area contributed by atoms with Gasteiger partial charge in [0.15, 0.2) is 15.0 Å². The summed E-state index contributed by atoms with van der Waals surface area (Å²) in [6, 6.07) is 22.1. The van der Waals surface area contributed by atoms with Gasteiger partial charge in [0.05, 0.1) is 21.2 Å². The Hall–Kier alpha value is -3.00. The van der Waals surface area contributed by atoms with Crippen LogP contribution in [-0.4, -0.2) is 25.6 Å². The highest BCUT2D eigenvalue weighted by Gasteiger charge is 2.17. The van der Waals surface area contributed by atoms with Crippen molar-refractivity contribution in [3.63, 3.8) is 0 Å². The highest BCUT2D eigenvalue weighted by Crippen LogP contribution is 2.28. The van der Waals surface area contributed by atoms with Crippen LogP contribution in [0.1, 0.15) is 10.4 Å². The average Bonchev–Trinajstić information content (AvgIpc) is 3.22. The molecule has 0 atom stereocenters. The van der Waals surface area contributed by atoms with Gasteiger partial charge in [-0.3, -0.25) is 10.1 Å². The molecule has 0 aliphatic carbocycles. The van der Waals surface area contributed by atoms with E-state index in [0.717, 1.165) is 28.6 Å². The maximum Gasteiger partial charge on any atom is 0.259 e. The van der Waals surface area contributed by atoms with Gasteiger partial charge in [-0.05, 0) is 29.3 Å². The van der Waals surface area contributed by atoms with Crippen molar-refractivity contribution < 1.29 is 13.2 Å². The van der Waals surface area contributed by atoms with Crippen molar-refractivity contribution >= 4 is 43.8 Å². The number of thiazole rings is 1. The Morgan fingerprint density at radius 1 is 0.935 bits per heavy atom. The molecule has 0 aliphatic rings. The van der Waals surface area contributed by atoms with Gasteiger partial charge in [-0.1, -0.05) is 66.2 Å². The van der Waals surface area contributed by atoms with Crippen LogP contribution in [0.4, 0.5) is 5.13 Å². The van der Waals surface area contributed by atoms with Crippen LogP contribution in [0.5, 0.6) is 0 Å². The van der Waals surface area contributed by atoms with E-state index in [9.17, 15) is 13.2 Å². The molecule has 4 rings (SSSR count). The fourth-order valence-electron chi connectivity index (χ4n) is 3.00. The van der Waals surface area contributed by atoms with E-state index < -0.39 is 15.7 Å². The summed E-state index contributed by atoms with van der Waals surface area (Å²) in [5.74, 6) is -0.518. The summed E-state index contributed by atoms with van der Waals surface area (Å²) in [6.45, 7) is 0. The Kier molecular flexibility index (Phi) is 5.91. The van der Waals surface area contributed by atoms with E-state index in [2.05, 4.69) is 22.4 Å². The maximum atomic E-state index is 12.6. The van der Waals surface area contributed by atoms with Crippen molar-refractivity contribution in [3.8, 4) is 22.4 Å². The summed E-state index contributed by atoms with van der Waals surface area (Å²) in [7, 11) is -3.46. The Morgan fingerprint density at radius 3 is 2.26 bits per heavy atom. The van der Waals surface area contributed by atoms with Gasteiger partial charge >= 0.3 is 0 Å². The normalized spacial score (nSPS) is 11.3. The molecule has 0 fully saturated rings. The predicted octanol–water partition coefficient (Wildman–Crippen LogP) is 5.79. The van der Waals surface area contributed by atoms with Gasteiger partial charge in [-0.25, -0.2) is 13.4 Å². The molecule has 0 radical (unpaired) electrons. The first-order chi connectivity index (χ1) is 14.8. The molecule has 31 heavy (non-hydrogen) atoms. The fraction of sp³-hybridized carbons (Fsp3) is 0.0435. The van der Waals surface area contributed by atoms with E-state index in [1.807, 2.05) is 47.8 Å². The smallest absolute Gasteiger partial charge is 0.259 e. The molecule has 8 heteroatoms. The SMILES string of the molecule is CS(=O)(=O)c1ccc(Cl)c(C(=O)Nc2nc(-c3ccc(-c4ccccc4)cc3)cs2)c1. The molecule has 0 bridgehead atoms. The van der Waals surface area contributed by atoms with Gasteiger partial charge < -0.3 is 0 Å². The van der Waals surface area contributed by atoms with Gasteiger partial charge in [0.1, 0.15) is 0 Å². The van der Waals surface area contributed by atoms with E-state index in [1.54, 1.807) is 0 Å². The molecule has 1 N–H and O–H groups in total. The lowest BCUT2D eigenvalue weighted by atomic mass is 10.0. The summed E-state index contributed by atoms with van der Waals surface area (Å²) >= 11 is 7.38. The molecule has 0 saturated heterocycles. The third-order valence-electron chi connectivity index (χ3n) is 4.62. The zero-order valence-corrected chi connectivity index (χ0v) is 18.8. The molecule has 4 aromatic rings. The lowest BCUT2D eigenvalue weighted by Gasteiger charge is -2.06. The predicted molar refractivity (Wildman–Crippen MR) is 126 cm³/mol. The van der Waals surface area contributed by atoms with Crippen LogP contribution in [0, 0.1) is 0 Å². The first-order valence-corrected chi connectivity index (χ1v) is 12.4. The second-order valence-electron chi connectivity index (χ2n) is 6.85. The number of aromatic nitrogens is 1. The molecular weight excluding hydrogens is 452 g/mol. The van der Waals surface area contributed by atoms with Crippen molar-refractivity contribution in [2.75, 3.05) is 11.6 Å². The highest BCUT2D eigenvalue weighted by atomic mass is 35.5. The molecule has 0 aliphatic heterocycles. The molecule has 1 aromatic heterocycles. The standard InChI is InChI=1S/C23H17ClN2O3S2/c1-31(28,29)18-11-12-20(24)19(13-18)22(27)26-23-25-21(14-30-23)17-9-7-16(8-10-17)15-5-3-2-4-6-15/h2-14H,1H3,(H,25,26,27). The number of hydrogen-bond donors (Lipinski definition) is 1. The van der Waals surface area contributed by atoms with Crippen LogP contribution in [0.15, 0.2) is 83.1 Å². The minimum atomic E-state index is -3.46. The van der Waals surface area contributed by atoms with Crippen molar-refractivity contribution in [2.45, 2.75) is 4.90 Å². The van der Waals surface area contributed by atoms with Crippen LogP contribution in [0.3, 0.4) is 0 Å². The number of nitrogens with zero attached hydrogens (tertiary/aromatic N) is 1. The summed E-state index contributed by atoms with van der Waals surface area (Å²) in [5, 5.41) is 5.10. The van der Waals surface area contributed by atoms with Crippen LogP contribution in [0.25, 0.3) is 22.4 Å². The van der Waals surface area contributed by atoms with Gasteiger partial charge in [0.25, 0.3) is 5.91 Å². The summed E-state index contributed by atoms with van der Waals surface area (Å²) in [6.07, 6.45) is 1.08. The molecule has 0 spiro atoms.